The van der Waals surface area contributed by atoms with Gasteiger partial charge in [0.15, 0.2) is 0 Å². The fraction of sp³-hybridized carbons (Fsp3) is 1.00. The summed E-state index contributed by atoms with van der Waals surface area (Å²) in [5.41, 5.74) is 0. The van der Waals surface area contributed by atoms with Crippen LogP contribution >= 0.6 is 0 Å². The number of hydrogen-bond donors (Lipinski definition) is 1. The molecule has 0 unspecified atom stereocenters. The van der Waals surface area contributed by atoms with Crippen molar-refractivity contribution in [2.75, 3.05) is 26.0 Å². The van der Waals surface area contributed by atoms with Crippen LogP contribution in [0.2, 0.25) is 0 Å². The first-order chi connectivity index (χ1) is 6.12. The monoisotopic (exact) mass is 209 g/mol. The highest BCUT2D eigenvalue weighted by Crippen LogP contribution is 1.91. The standard InChI is InChI=1S/C8H19NO3S/c1-3-8-13(10,11)9-6-4-5-7-12-2/h9H,3-8H2,1-2H3. The molecule has 0 atom stereocenters. The normalized spacial score (nSPS) is 11.8. The maximum atomic E-state index is 11.1. The zero-order valence-electron chi connectivity index (χ0n) is 8.38. The van der Waals surface area contributed by atoms with Crippen molar-refractivity contribution in [3.05, 3.63) is 0 Å². The van der Waals surface area contributed by atoms with Gasteiger partial charge in [0.2, 0.25) is 10.0 Å². The number of unbranched alkanes of at least 4 members (excludes halogenated alkanes) is 1. The second kappa shape index (κ2) is 7.29. The lowest BCUT2D eigenvalue weighted by molar-refractivity contribution is 0.193. The molecule has 0 aliphatic heterocycles. The van der Waals surface area contributed by atoms with Crippen molar-refractivity contribution in [3.8, 4) is 0 Å². The molecule has 0 spiro atoms. The Balaban J connectivity index is 3.41. The molecule has 0 bridgehead atoms. The van der Waals surface area contributed by atoms with Gasteiger partial charge in [0.25, 0.3) is 0 Å². The molecule has 1 N–H and O–H groups in total. The van der Waals surface area contributed by atoms with E-state index in [2.05, 4.69) is 4.72 Å². The van der Waals surface area contributed by atoms with E-state index in [1.165, 1.54) is 0 Å². The Morgan fingerprint density at radius 3 is 2.54 bits per heavy atom. The molecule has 0 radical (unpaired) electrons. The number of rotatable bonds is 8. The van der Waals surface area contributed by atoms with Crippen LogP contribution in [0.3, 0.4) is 0 Å². The number of nitrogens with one attached hydrogen (secondary N) is 1. The molecule has 0 fully saturated rings. The third-order valence-corrected chi connectivity index (χ3v) is 3.16. The minimum Gasteiger partial charge on any atom is -0.385 e. The maximum Gasteiger partial charge on any atom is 0.211 e. The Bertz CT molecular complexity index is 201. The van der Waals surface area contributed by atoms with Crippen LogP contribution in [0.4, 0.5) is 0 Å². The van der Waals surface area contributed by atoms with E-state index in [0.29, 0.717) is 19.6 Å². The number of hydrogen-bond acceptors (Lipinski definition) is 3. The first-order valence-electron chi connectivity index (χ1n) is 4.58. The molecule has 0 heterocycles. The molecular weight excluding hydrogens is 190 g/mol. The molecule has 80 valence electrons. The Morgan fingerprint density at radius 2 is 2.00 bits per heavy atom. The molecule has 0 rings (SSSR count). The Morgan fingerprint density at radius 1 is 1.31 bits per heavy atom. The van der Waals surface area contributed by atoms with E-state index >= 15 is 0 Å². The highest BCUT2D eigenvalue weighted by Gasteiger charge is 2.06. The smallest absolute Gasteiger partial charge is 0.211 e. The van der Waals surface area contributed by atoms with Crippen molar-refractivity contribution in [3.63, 3.8) is 0 Å². The van der Waals surface area contributed by atoms with Gasteiger partial charge in [-0.2, -0.15) is 0 Å². The van der Waals surface area contributed by atoms with Gasteiger partial charge in [0.05, 0.1) is 5.75 Å². The van der Waals surface area contributed by atoms with Crippen molar-refractivity contribution >= 4 is 10.0 Å². The SMILES string of the molecule is CCCS(=O)(=O)NCCCCOC. The van der Waals surface area contributed by atoms with Crippen LogP contribution in [0.25, 0.3) is 0 Å². The summed E-state index contributed by atoms with van der Waals surface area (Å²) in [6, 6.07) is 0. The maximum absolute atomic E-state index is 11.1. The van der Waals surface area contributed by atoms with Gasteiger partial charge in [-0.3, -0.25) is 0 Å². The van der Waals surface area contributed by atoms with Crippen LogP contribution in [0.5, 0.6) is 0 Å². The van der Waals surface area contributed by atoms with Gasteiger partial charge in [-0.15, -0.1) is 0 Å². The molecular formula is C8H19NO3S. The minimum atomic E-state index is -3.01. The van der Waals surface area contributed by atoms with E-state index in [4.69, 9.17) is 4.74 Å². The predicted octanol–water partition coefficient (Wildman–Crippen LogP) is 0.742. The van der Waals surface area contributed by atoms with Gasteiger partial charge < -0.3 is 4.74 Å². The van der Waals surface area contributed by atoms with Gasteiger partial charge in [0.1, 0.15) is 0 Å². The summed E-state index contributed by atoms with van der Waals surface area (Å²) in [4.78, 5) is 0. The van der Waals surface area contributed by atoms with E-state index in [-0.39, 0.29) is 5.75 Å². The summed E-state index contributed by atoms with van der Waals surface area (Å²) >= 11 is 0. The highest BCUT2D eigenvalue weighted by molar-refractivity contribution is 7.89. The van der Waals surface area contributed by atoms with E-state index in [1.807, 2.05) is 6.92 Å². The van der Waals surface area contributed by atoms with Crippen LogP contribution in [-0.4, -0.2) is 34.4 Å². The lowest BCUT2D eigenvalue weighted by Crippen LogP contribution is -2.27. The second-order valence-electron chi connectivity index (χ2n) is 2.91. The summed E-state index contributed by atoms with van der Waals surface area (Å²) in [5.74, 6) is 0.220. The fourth-order valence-corrected chi connectivity index (χ4v) is 2.08. The first kappa shape index (κ1) is 12.9. The minimum absolute atomic E-state index is 0.220. The van der Waals surface area contributed by atoms with Crippen molar-refractivity contribution < 1.29 is 13.2 Å². The molecule has 0 aromatic heterocycles. The number of methoxy groups -OCH3 is 1. The van der Waals surface area contributed by atoms with Crippen LogP contribution in [0.1, 0.15) is 26.2 Å². The fourth-order valence-electron chi connectivity index (χ4n) is 0.940. The van der Waals surface area contributed by atoms with Crippen molar-refractivity contribution in [1.82, 2.24) is 4.72 Å². The highest BCUT2D eigenvalue weighted by atomic mass is 32.2. The average Bonchev–Trinajstić information content (AvgIpc) is 2.04. The van der Waals surface area contributed by atoms with Crippen LogP contribution in [-0.2, 0) is 14.8 Å². The van der Waals surface area contributed by atoms with E-state index in [0.717, 1.165) is 12.8 Å². The molecule has 5 heteroatoms. The largest absolute Gasteiger partial charge is 0.385 e. The van der Waals surface area contributed by atoms with E-state index in [9.17, 15) is 8.42 Å². The molecule has 0 saturated carbocycles. The van der Waals surface area contributed by atoms with E-state index in [1.54, 1.807) is 7.11 Å². The quantitative estimate of drug-likeness (QED) is 0.600. The Hall–Kier alpha value is -0.130. The lowest BCUT2D eigenvalue weighted by Gasteiger charge is -2.04. The third-order valence-electron chi connectivity index (χ3n) is 1.57. The van der Waals surface area contributed by atoms with Crippen molar-refractivity contribution in [2.24, 2.45) is 0 Å². The number of sulfonamides is 1. The van der Waals surface area contributed by atoms with Crippen molar-refractivity contribution in [1.29, 1.82) is 0 Å². The molecule has 4 nitrogen and oxygen atoms in total. The lowest BCUT2D eigenvalue weighted by atomic mass is 10.3. The Kier molecular flexibility index (Phi) is 7.22. The average molecular weight is 209 g/mol. The van der Waals surface area contributed by atoms with Gasteiger partial charge in [-0.05, 0) is 19.3 Å². The summed E-state index contributed by atoms with van der Waals surface area (Å²) in [5, 5.41) is 0. The molecule has 0 amide bonds. The molecule has 0 aliphatic carbocycles. The molecule has 0 aromatic rings. The summed E-state index contributed by atoms with van der Waals surface area (Å²) in [7, 11) is -1.37. The molecule has 0 aromatic carbocycles. The summed E-state index contributed by atoms with van der Waals surface area (Å²) in [6.45, 7) is 3.06. The Labute approximate surface area is 80.7 Å². The molecule has 13 heavy (non-hydrogen) atoms. The van der Waals surface area contributed by atoms with Gasteiger partial charge in [-0.25, -0.2) is 13.1 Å². The second-order valence-corrected chi connectivity index (χ2v) is 4.84. The van der Waals surface area contributed by atoms with E-state index < -0.39 is 10.0 Å². The summed E-state index contributed by atoms with van der Waals surface area (Å²) in [6.07, 6.45) is 2.38. The molecule has 0 saturated heterocycles. The van der Waals surface area contributed by atoms with Crippen LogP contribution in [0.15, 0.2) is 0 Å². The zero-order chi connectivity index (χ0) is 10.2. The topological polar surface area (TPSA) is 55.4 Å². The van der Waals surface area contributed by atoms with Crippen LogP contribution in [0, 0.1) is 0 Å². The zero-order valence-corrected chi connectivity index (χ0v) is 9.19. The van der Waals surface area contributed by atoms with Gasteiger partial charge in [0, 0.05) is 20.3 Å². The molecule has 0 aliphatic rings. The predicted molar refractivity (Wildman–Crippen MR) is 53.2 cm³/mol. The summed E-state index contributed by atoms with van der Waals surface area (Å²) < 4.78 is 29.6. The first-order valence-corrected chi connectivity index (χ1v) is 6.24. The van der Waals surface area contributed by atoms with Crippen molar-refractivity contribution in [2.45, 2.75) is 26.2 Å². The van der Waals surface area contributed by atoms with Gasteiger partial charge >= 0.3 is 0 Å². The third kappa shape index (κ3) is 8.21. The number of ether oxygens (including phenoxy) is 1. The van der Waals surface area contributed by atoms with Crippen LogP contribution < -0.4 is 4.72 Å². The van der Waals surface area contributed by atoms with Gasteiger partial charge in [-0.1, -0.05) is 6.92 Å².